The molecule has 0 spiro atoms. The number of amides is 1. The molecule has 0 atom stereocenters. The van der Waals surface area contributed by atoms with E-state index in [2.05, 4.69) is 10.5 Å². The van der Waals surface area contributed by atoms with E-state index >= 15 is 0 Å². The van der Waals surface area contributed by atoms with E-state index in [4.69, 9.17) is 16.3 Å². The van der Waals surface area contributed by atoms with Crippen LogP contribution in [0.4, 0.5) is 0 Å². The lowest BCUT2D eigenvalue weighted by Crippen LogP contribution is -3.12. The fourth-order valence-corrected chi connectivity index (χ4v) is 2.89. The van der Waals surface area contributed by atoms with E-state index in [0.29, 0.717) is 10.6 Å². The number of rotatable bonds is 5. The molecule has 0 radical (unpaired) electrons. The molecular weight excluding hydrogens is 338 g/mol. The summed E-state index contributed by atoms with van der Waals surface area (Å²) in [5, 5.41) is 4.56. The van der Waals surface area contributed by atoms with E-state index < -0.39 is 0 Å². The van der Waals surface area contributed by atoms with Crippen molar-refractivity contribution in [2.24, 2.45) is 5.10 Å². The Balaban J connectivity index is 1.54. The molecule has 2 aromatic rings. The van der Waals surface area contributed by atoms with Gasteiger partial charge >= 0.3 is 0 Å². The van der Waals surface area contributed by atoms with Crippen molar-refractivity contribution in [3.63, 3.8) is 0 Å². The fraction of sp³-hybridized carbons (Fsp3) is 0.263. The molecule has 1 saturated heterocycles. The summed E-state index contributed by atoms with van der Waals surface area (Å²) in [6.07, 6.45) is 1.54. The number of ether oxygens (including phenoxy) is 1. The topological polar surface area (TPSA) is 55.1 Å². The van der Waals surface area contributed by atoms with Gasteiger partial charge in [-0.15, -0.1) is 0 Å². The van der Waals surface area contributed by atoms with Crippen LogP contribution in [0.5, 0.6) is 0 Å². The maximum atomic E-state index is 12.1. The Bertz CT molecular complexity index is 741. The van der Waals surface area contributed by atoms with Crippen molar-refractivity contribution in [1.29, 1.82) is 0 Å². The zero-order valence-electron chi connectivity index (χ0n) is 13.9. The van der Waals surface area contributed by atoms with Gasteiger partial charge in [0.1, 0.15) is 19.6 Å². The van der Waals surface area contributed by atoms with Crippen molar-refractivity contribution < 1.29 is 14.4 Å². The van der Waals surface area contributed by atoms with Crippen molar-refractivity contribution >= 4 is 23.7 Å². The summed E-state index contributed by atoms with van der Waals surface area (Å²) in [4.78, 5) is 13.6. The number of nitrogens with zero attached hydrogens (tertiary/aromatic N) is 1. The van der Waals surface area contributed by atoms with Gasteiger partial charge in [0.25, 0.3) is 5.91 Å². The average molecular weight is 359 g/mol. The Morgan fingerprint density at radius 3 is 2.60 bits per heavy atom. The molecule has 0 aromatic heterocycles. The highest BCUT2D eigenvalue weighted by atomic mass is 35.5. The van der Waals surface area contributed by atoms with Gasteiger partial charge in [-0.25, -0.2) is 5.43 Å². The van der Waals surface area contributed by atoms with E-state index in [0.717, 1.165) is 38.4 Å². The van der Waals surface area contributed by atoms with Crippen molar-refractivity contribution in [3.8, 4) is 0 Å². The van der Waals surface area contributed by atoms with Gasteiger partial charge in [-0.05, 0) is 18.2 Å². The van der Waals surface area contributed by atoms with Crippen molar-refractivity contribution in [2.45, 2.75) is 6.54 Å². The van der Waals surface area contributed by atoms with Crippen molar-refractivity contribution in [3.05, 3.63) is 70.2 Å². The normalized spacial score (nSPS) is 15.4. The first kappa shape index (κ1) is 17.6. The van der Waals surface area contributed by atoms with Crippen LogP contribution in [-0.4, -0.2) is 38.4 Å². The molecule has 2 aromatic carbocycles. The SMILES string of the molecule is O=C(N/N=C\c1ccccc1Cl)c1ccc(C[NH+]2CCOCC2)cc1. The molecule has 1 amide bonds. The minimum absolute atomic E-state index is 0.242. The summed E-state index contributed by atoms with van der Waals surface area (Å²) >= 11 is 6.04. The van der Waals surface area contributed by atoms with Crippen LogP contribution >= 0.6 is 11.6 Å². The van der Waals surface area contributed by atoms with Crippen LogP contribution in [0, 0.1) is 0 Å². The summed E-state index contributed by atoms with van der Waals surface area (Å²) in [5.41, 5.74) is 5.08. The lowest BCUT2D eigenvalue weighted by Gasteiger charge is -2.23. The highest BCUT2D eigenvalue weighted by molar-refractivity contribution is 6.33. The lowest BCUT2D eigenvalue weighted by atomic mass is 10.1. The molecule has 1 heterocycles. The van der Waals surface area contributed by atoms with Crippen LogP contribution in [0.2, 0.25) is 5.02 Å². The zero-order valence-corrected chi connectivity index (χ0v) is 14.6. The molecule has 1 fully saturated rings. The molecule has 3 rings (SSSR count). The zero-order chi connectivity index (χ0) is 17.5. The first-order valence-electron chi connectivity index (χ1n) is 8.30. The standard InChI is InChI=1S/C19H20ClN3O2/c20-18-4-2-1-3-17(18)13-21-22-19(24)16-7-5-15(6-8-16)14-23-9-11-25-12-10-23/h1-8,13H,9-12,14H2,(H,22,24)/p+1/b21-13-. The van der Waals surface area contributed by atoms with E-state index in [1.54, 1.807) is 6.07 Å². The molecule has 6 heteroatoms. The number of halogens is 1. The van der Waals surface area contributed by atoms with Crippen molar-refractivity contribution in [2.75, 3.05) is 26.3 Å². The second-order valence-corrected chi connectivity index (χ2v) is 6.36. The van der Waals surface area contributed by atoms with Gasteiger partial charge in [0, 0.05) is 21.7 Å². The first-order valence-corrected chi connectivity index (χ1v) is 8.68. The van der Waals surface area contributed by atoms with Gasteiger partial charge in [0.2, 0.25) is 0 Å². The Morgan fingerprint density at radius 1 is 1.16 bits per heavy atom. The molecule has 0 saturated carbocycles. The minimum atomic E-state index is -0.242. The predicted molar refractivity (Wildman–Crippen MR) is 98.2 cm³/mol. The summed E-state index contributed by atoms with van der Waals surface area (Å²) in [5.74, 6) is -0.242. The third-order valence-electron chi connectivity index (χ3n) is 4.15. The molecule has 1 aliphatic heterocycles. The third-order valence-corrected chi connectivity index (χ3v) is 4.49. The van der Waals surface area contributed by atoms with Crippen LogP contribution in [0.3, 0.4) is 0 Å². The number of hydrazone groups is 1. The van der Waals surface area contributed by atoms with Crippen molar-refractivity contribution in [1.82, 2.24) is 5.43 Å². The molecule has 1 aliphatic rings. The van der Waals surface area contributed by atoms with Crippen LogP contribution in [0.1, 0.15) is 21.5 Å². The molecule has 0 unspecified atom stereocenters. The Morgan fingerprint density at radius 2 is 1.88 bits per heavy atom. The summed E-state index contributed by atoms with van der Waals surface area (Å²) in [6, 6.07) is 15.0. The van der Waals surface area contributed by atoms with Gasteiger partial charge in [0.05, 0.1) is 19.4 Å². The molecular formula is C19H21ClN3O2+. The van der Waals surface area contributed by atoms with Gasteiger partial charge in [-0.2, -0.15) is 5.10 Å². The number of hydrogen-bond donors (Lipinski definition) is 2. The number of carbonyl (C=O) groups excluding carboxylic acids is 1. The Kier molecular flexibility index (Phi) is 6.17. The number of benzene rings is 2. The van der Waals surface area contributed by atoms with Gasteiger partial charge in [-0.3, -0.25) is 4.79 Å². The maximum absolute atomic E-state index is 12.1. The molecule has 5 nitrogen and oxygen atoms in total. The van der Waals surface area contributed by atoms with Crippen LogP contribution in [-0.2, 0) is 11.3 Å². The molecule has 130 valence electrons. The van der Waals surface area contributed by atoms with Crippen LogP contribution < -0.4 is 10.3 Å². The minimum Gasteiger partial charge on any atom is -0.370 e. The first-order chi connectivity index (χ1) is 12.2. The third kappa shape index (κ3) is 5.13. The molecule has 0 aliphatic carbocycles. The summed E-state index contributed by atoms with van der Waals surface area (Å²) in [6.45, 7) is 4.65. The number of hydrogen-bond acceptors (Lipinski definition) is 3. The van der Waals surface area contributed by atoms with Gasteiger partial charge in [0.15, 0.2) is 0 Å². The maximum Gasteiger partial charge on any atom is 0.271 e. The monoisotopic (exact) mass is 358 g/mol. The highest BCUT2D eigenvalue weighted by Gasteiger charge is 2.14. The van der Waals surface area contributed by atoms with Gasteiger partial charge in [-0.1, -0.05) is 41.9 Å². The van der Waals surface area contributed by atoms with Crippen LogP contribution in [0.25, 0.3) is 0 Å². The lowest BCUT2D eigenvalue weighted by molar-refractivity contribution is -0.921. The smallest absolute Gasteiger partial charge is 0.271 e. The predicted octanol–water partition coefficient (Wildman–Crippen LogP) is 1.52. The van der Waals surface area contributed by atoms with Gasteiger partial charge < -0.3 is 9.64 Å². The van der Waals surface area contributed by atoms with E-state index in [1.165, 1.54) is 16.7 Å². The largest absolute Gasteiger partial charge is 0.370 e. The number of morpholine rings is 1. The second kappa shape index (κ2) is 8.76. The molecule has 25 heavy (non-hydrogen) atoms. The Labute approximate surface area is 152 Å². The van der Waals surface area contributed by atoms with E-state index in [-0.39, 0.29) is 5.91 Å². The van der Waals surface area contributed by atoms with E-state index in [1.807, 2.05) is 42.5 Å². The number of nitrogens with one attached hydrogen (secondary N) is 2. The average Bonchev–Trinajstić information content (AvgIpc) is 2.65. The number of carbonyl (C=O) groups is 1. The van der Waals surface area contributed by atoms with E-state index in [9.17, 15) is 4.79 Å². The quantitative estimate of drug-likeness (QED) is 0.629. The molecule has 2 N–H and O–H groups in total. The molecule has 0 bridgehead atoms. The summed E-state index contributed by atoms with van der Waals surface area (Å²) < 4.78 is 5.37. The summed E-state index contributed by atoms with van der Waals surface area (Å²) in [7, 11) is 0. The van der Waals surface area contributed by atoms with Crippen LogP contribution in [0.15, 0.2) is 53.6 Å². The Hall–Kier alpha value is -2.21. The second-order valence-electron chi connectivity index (χ2n) is 5.96. The fourth-order valence-electron chi connectivity index (χ4n) is 2.70. The highest BCUT2D eigenvalue weighted by Crippen LogP contribution is 2.12. The number of quaternary nitrogens is 1.